The van der Waals surface area contributed by atoms with Crippen LogP contribution in [0, 0.1) is 6.92 Å². The summed E-state index contributed by atoms with van der Waals surface area (Å²) >= 11 is 6.70. The molecular formula is C13H13NOS2. The number of nitrogens with two attached hydrogens (primary N) is 1. The van der Waals surface area contributed by atoms with Gasteiger partial charge in [-0.15, -0.1) is 11.3 Å². The van der Waals surface area contributed by atoms with Crippen molar-refractivity contribution < 1.29 is 4.74 Å². The molecule has 0 spiro atoms. The fourth-order valence-electron chi connectivity index (χ4n) is 1.58. The van der Waals surface area contributed by atoms with Gasteiger partial charge < -0.3 is 10.5 Å². The summed E-state index contributed by atoms with van der Waals surface area (Å²) in [5.74, 6) is 0.786. The van der Waals surface area contributed by atoms with Crippen molar-refractivity contribution in [2.75, 3.05) is 0 Å². The van der Waals surface area contributed by atoms with Crippen LogP contribution in [0.5, 0.6) is 5.75 Å². The summed E-state index contributed by atoms with van der Waals surface area (Å²) in [5.41, 5.74) is 7.54. The number of ether oxygens (including phenoxy) is 1. The van der Waals surface area contributed by atoms with Crippen molar-refractivity contribution in [1.29, 1.82) is 0 Å². The standard InChI is InChI=1S/C13H13NOS2/c1-9-4-2-6-11(13(14)16)12(9)15-8-10-5-3-7-17-10/h2-7H,8H2,1H3,(H2,14,16). The molecule has 2 aromatic rings. The van der Waals surface area contributed by atoms with Crippen molar-refractivity contribution in [3.63, 3.8) is 0 Å². The van der Waals surface area contributed by atoms with Crippen molar-refractivity contribution in [3.8, 4) is 5.75 Å². The minimum Gasteiger partial charge on any atom is -0.487 e. The van der Waals surface area contributed by atoms with Crippen LogP contribution in [0.4, 0.5) is 0 Å². The number of benzene rings is 1. The molecule has 0 fully saturated rings. The van der Waals surface area contributed by atoms with Crippen LogP contribution in [0.15, 0.2) is 35.7 Å². The zero-order chi connectivity index (χ0) is 12.3. The molecule has 0 aliphatic heterocycles. The Morgan fingerprint density at radius 2 is 2.18 bits per heavy atom. The number of rotatable bonds is 4. The third kappa shape index (κ3) is 2.84. The summed E-state index contributed by atoms with van der Waals surface area (Å²) in [6.45, 7) is 2.55. The second-order valence-corrected chi connectivity index (χ2v) is 5.16. The fraction of sp³-hybridized carbons (Fsp3) is 0.154. The van der Waals surface area contributed by atoms with E-state index in [-0.39, 0.29) is 0 Å². The van der Waals surface area contributed by atoms with Crippen LogP contribution in [0.1, 0.15) is 16.0 Å². The minimum absolute atomic E-state index is 0.370. The van der Waals surface area contributed by atoms with Gasteiger partial charge in [0.1, 0.15) is 17.3 Å². The molecule has 0 aliphatic rings. The van der Waals surface area contributed by atoms with E-state index in [4.69, 9.17) is 22.7 Å². The van der Waals surface area contributed by atoms with Gasteiger partial charge in [-0.2, -0.15) is 0 Å². The number of aryl methyl sites for hydroxylation is 1. The third-order valence-electron chi connectivity index (χ3n) is 2.42. The Morgan fingerprint density at radius 3 is 2.82 bits per heavy atom. The highest BCUT2D eigenvalue weighted by molar-refractivity contribution is 7.80. The zero-order valence-corrected chi connectivity index (χ0v) is 11.1. The molecule has 0 bridgehead atoms. The van der Waals surface area contributed by atoms with Crippen molar-refractivity contribution >= 4 is 28.5 Å². The highest BCUT2D eigenvalue weighted by Gasteiger charge is 2.09. The van der Waals surface area contributed by atoms with Gasteiger partial charge in [-0.1, -0.05) is 30.4 Å². The molecule has 88 valence electrons. The predicted octanol–water partition coefficient (Wildman–Crippen LogP) is 3.27. The number of thiocarbonyl (C=S) groups is 1. The third-order valence-corrected chi connectivity index (χ3v) is 3.49. The van der Waals surface area contributed by atoms with Crippen LogP contribution in [0.25, 0.3) is 0 Å². The van der Waals surface area contributed by atoms with Crippen molar-refractivity contribution in [2.45, 2.75) is 13.5 Å². The van der Waals surface area contributed by atoms with Crippen molar-refractivity contribution in [2.24, 2.45) is 5.73 Å². The first-order valence-corrected chi connectivity index (χ1v) is 6.52. The Kier molecular flexibility index (Phi) is 3.76. The first-order valence-electron chi connectivity index (χ1n) is 5.23. The molecule has 1 aromatic heterocycles. The SMILES string of the molecule is Cc1cccc(C(N)=S)c1OCc1cccs1. The second kappa shape index (κ2) is 5.29. The topological polar surface area (TPSA) is 35.2 Å². The van der Waals surface area contributed by atoms with Gasteiger partial charge in [0.2, 0.25) is 0 Å². The van der Waals surface area contributed by atoms with Crippen LogP contribution in [0.2, 0.25) is 0 Å². The Morgan fingerprint density at radius 1 is 1.35 bits per heavy atom. The summed E-state index contributed by atoms with van der Waals surface area (Å²) in [4.78, 5) is 1.55. The molecule has 1 aromatic carbocycles. The lowest BCUT2D eigenvalue weighted by Gasteiger charge is -2.12. The lowest BCUT2D eigenvalue weighted by atomic mass is 10.1. The van der Waals surface area contributed by atoms with E-state index in [1.165, 1.54) is 4.88 Å². The average molecular weight is 263 g/mol. The molecular weight excluding hydrogens is 250 g/mol. The Hall–Kier alpha value is -1.39. The maximum absolute atomic E-state index is 5.82. The van der Waals surface area contributed by atoms with Crippen LogP contribution in [-0.4, -0.2) is 4.99 Å². The molecule has 4 heteroatoms. The summed E-state index contributed by atoms with van der Waals surface area (Å²) in [6.07, 6.45) is 0. The molecule has 0 amide bonds. The number of hydrogen-bond donors (Lipinski definition) is 1. The zero-order valence-electron chi connectivity index (χ0n) is 9.47. The first kappa shape index (κ1) is 12.1. The first-order chi connectivity index (χ1) is 8.18. The Bertz CT molecular complexity index is 520. The summed E-state index contributed by atoms with van der Waals surface area (Å²) < 4.78 is 5.82. The van der Waals surface area contributed by atoms with Gasteiger partial charge in [0.15, 0.2) is 0 Å². The highest BCUT2D eigenvalue weighted by atomic mass is 32.1. The van der Waals surface area contributed by atoms with E-state index in [0.717, 1.165) is 16.9 Å². The Labute approximate surface area is 110 Å². The summed E-state index contributed by atoms with van der Waals surface area (Å²) in [7, 11) is 0. The molecule has 2 nitrogen and oxygen atoms in total. The van der Waals surface area contributed by atoms with E-state index in [0.29, 0.717) is 11.6 Å². The molecule has 0 atom stereocenters. The van der Waals surface area contributed by atoms with Crippen LogP contribution in [-0.2, 0) is 6.61 Å². The van der Waals surface area contributed by atoms with E-state index < -0.39 is 0 Å². The van der Waals surface area contributed by atoms with Crippen molar-refractivity contribution in [1.82, 2.24) is 0 Å². The maximum Gasteiger partial charge on any atom is 0.132 e. The summed E-state index contributed by atoms with van der Waals surface area (Å²) in [5, 5.41) is 2.03. The molecule has 2 N–H and O–H groups in total. The van der Waals surface area contributed by atoms with Gasteiger partial charge in [-0.25, -0.2) is 0 Å². The van der Waals surface area contributed by atoms with Gasteiger partial charge >= 0.3 is 0 Å². The predicted molar refractivity (Wildman–Crippen MR) is 75.7 cm³/mol. The number of thiophene rings is 1. The lowest BCUT2D eigenvalue weighted by molar-refractivity contribution is 0.307. The smallest absolute Gasteiger partial charge is 0.132 e. The molecule has 17 heavy (non-hydrogen) atoms. The van der Waals surface area contributed by atoms with E-state index in [9.17, 15) is 0 Å². The molecule has 0 unspecified atom stereocenters. The largest absolute Gasteiger partial charge is 0.487 e. The van der Waals surface area contributed by atoms with Crippen LogP contribution < -0.4 is 10.5 Å². The molecule has 0 saturated heterocycles. The van der Waals surface area contributed by atoms with Gasteiger partial charge in [0.25, 0.3) is 0 Å². The average Bonchev–Trinajstić information content (AvgIpc) is 2.80. The van der Waals surface area contributed by atoms with E-state index in [2.05, 4.69) is 0 Å². The molecule has 0 saturated carbocycles. The maximum atomic E-state index is 5.82. The van der Waals surface area contributed by atoms with Gasteiger partial charge in [0, 0.05) is 4.88 Å². The lowest BCUT2D eigenvalue weighted by Crippen LogP contribution is -2.12. The van der Waals surface area contributed by atoms with Crippen LogP contribution >= 0.6 is 23.6 Å². The van der Waals surface area contributed by atoms with Gasteiger partial charge in [0.05, 0.1) is 5.56 Å². The number of hydrogen-bond acceptors (Lipinski definition) is 3. The van der Waals surface area contributed by atoms with Crippen LogP contribution in [0.3, 0.4) is 0 Å². The normalized spacial score (nSPS) is 10.2. The monoisotopic (exact) mass is 263 g/mol. The fourth-order valence-corrected chi connectivity index (χ4v) is 2.35. The highest BCUT2D eigenvalue weighted by Crippen LogP contribution is 2.25. The quantitative estimate of drug-likeness (QED) is 0.860. The molecule has 1 heterocycles. The number of para-hydroxylation sites is 1. The summed E-state index contributed by atoms with van der Waals surface area (Å²) in [6, 6.07) is 9.87. The van der Waals surface area contributed by atoms with Crippen molar-refractivity contribution in [3.05, 3.63) is 51.7 Å². The Balaban J connectivity index is 2.22. The van der Waals surface area contributed by atoms with Gasteiger partial charge in [-0.05, 0) is 30.0 Å². The molecule has 0 radical (unpaired) electrons. The second-order valence-electron chi connectivity index (χ2n) is 3.68. The van der Waals surface area contributed by atoms with Gasteiger partial charge in [-0.3, -0.25) is 0 Å². The molecule has 0 aliphatic carbocycles. The minimum atomic E-state index is 0.370. The van der Waals surface area contributed by atoms with E-state index in [1.54, 1.807) is 11.3 Å². The molecule has 2 rings (SSSR count). The van der Waals surface area contributed by atoms with E-state index >= 15 is 0 Å². The van der Waals surface area contributed by atoms with E-state index in [1.807, 2.05) is 42.6 Å².